The van der Waals surface area contributed by atoms with Crippen LogP contribution in [0.1, 0.15) is 17.5 Å². The Kier molecular flexibility index (Phi) is 5.62. The van der Waals surface area contributed by atoms with Gasteiger partial charge in [0.2, 0.25) is 17.4 Å². The number of carbonyl (C=O) groups excluding carboxylic acids is 3. The Labute approximate surface area is 198 Å². The number of benzene rings is 2. The number of anilines is 1. The molecule has 2 fully saturated rings. The van der Waals surface area contributed by atoms with E-state index in [1.807, 2.05) is 66.2 Å². The number of nitrogens with two attached hydrogens (primary N) is 1. The third-order valence-electron chi connectivity index (χ3n) is 7.26. The molecule has 0 unspecified atom stereocenters. The van der Waals surface area contributed by atoms with Gasteiger partial charge in [-0.3, -0.25) is 19.3 Å². The number of likely N-dealkylation sites (tertiary alicyclic amines) is 1. The Morgan fingerprint density at radius 1 is 1.03 bits per heavy atom. The van der Waals surface area contributed by atoms with Crippen LogP contribution in [0.2, 0.25) is 0 Å². The second kappa shape index (κ2) is 8.47. The van der Waals surface area contributed by atoms with Crippen LogP contribution in [-0.2, 0) is 26.5 Å². The summed E-state index contributed by atoms with van der Waals surface area (Å²) < 4.78 is 0. The number of hydrogen-bond donors (Lipinski definition) is 1. The average molecular weight is 463 g/mol. The van der Waals surface area contributed by atoms with Crippen molar-refractivity contribution in [3.63, 3.8) is 0 Å². The molecule has 7 heteroatoms. The maximum Gasteiger partial charge on any atom is 0.294 e. The second-order valence-electron chi connectivity index (χ2n) is 8.95. The monoisotopic (exact) mass is 462 g/mol. The van der Waals surface area contributed by atoms with Crippen LogP contribution in [0.4, 0.5) is 5.69 Å². The molecule has 4 atom stereocenters. The lowest BCUT2D eigenvalue weighted by Crippen LogP contribution is -2.99. The van der Waals surface area contributed by atoms with Crippen molar-refractivity contribution in [3.05, 3.63) is 78.4 Å². The Hall–Kier alpha value is -2.90. The summed E-state index contributed by atoms with van der Waals surface area (Å²) in [6.45, 7) is 4.43. The highest BCUT2D eigenvalue weighted by atomic mass is 32.2. The van der Waals surface area contributed by atoms with Crippen LogP contribution in [0.5, 0.6) is 0 Å². The molecule has 33 heavy (non-hydrogen) atoms. The van der Waals surface area contributed by atoms with Crippen LogP contribution in [0.15, 0.2) is 67.3 Å². The lowest BCUT2D eigenvalue weighted by Gasteiger charge is -2.27. The van der Waals surface area contributed by atoms with Gasteiger partial charge < -0.3 is 10.2 Å². The van der Waals surface area contributed by atoms with Crippen molar-refractivity contribution in [1.82, 2.24) is 4.90 Å². The van der Waals surface area contributed by atoms with Gasteiger partial charge in [0.05, 0.1) is 12.2 Å². The first kappa shape index (κ1) is 21.9. The Balaban J connectivity index is 1.61. The minimum Gasteiger partial charge on any atom is -0.326 e. The van der Waals surface area contributed by atoms with E-state index in [1.54, 1.807) is 22.7 Å². The van der Waals surface area contributed by atoms with Crippen LogP contribution >= 0.6 is 11.8 Å². The largest absolute Gasteiger partial charge is 0.326 e. The zero-order valence-corrected chi connectivity index (χ0v) is 19.5. The van der Waals surface area contributed by atoms with Gasteiger partial charge >= 0.3 is 0 Å². The fraction of sp³-hybridized carbons (Fsp3) is 0.346. The predicted octanol–water partition coefficient (Wildman–Crippen LogP) is 1.91. The van der Waals surface area contributed by atoms with E-state index >= 15 is 0 Å². The van der Waals surface area contributed by atoms with Gasteiger partial charge in [-0.2, -0.15) is 11.8 Å². The molecule has 1 spiro atoms. The second-order valence-corrected chi connectivity index (χ2v) is 9.94. The molecule has 0 aromatic heterocycles. The highest BCUT2D eigenvalue weighted by molar-refractivity contribution is 7.98. The number of quaternary nitrogens is 1. The zero-order valence-electron chi connectivity index (χ0n) is 18.6. The number of nitrogens with zero attached hydrogens (tertiary/aromatic N) is 2. The van der Waals surface area contributed by atoms with Gasteiger partial charge in [-0.05, 0) is 23.6 Å². The van der Waals surface area contributed by atoms with Gasteiger partial charge in [-0.15, -0.1) is 6.58 Å². The number of fused-ring (bicyclic) bond motifs is 4. The van der Waals surface area contributed by atoms with Crippen molar-refractivity contribution in [1.29, 1.82) is 0 Å². The molecule has 2 N–H and O–H groups in total. The average Bonchev–Trinajstić information content (AvgIpc) is 3.39. The maximum absolute atomic E-state index is 14.0. The van der Waals surface area contributed by atoms with Gasteiger partial charge in [-0.25, -0.2) is 0 Å². The van der Waals surface area contributed by atoms with E-state index in [2.05, 4.69) is 6.58 Å². The molecular formula is C26H28N3O3S+. The summed E-state index contributed by atoms with van der Waals surface area (Å²) in [7, 11) is 0. The molecule has 0 saturated carbocycles. The van der Waals surface area contributed by atoms with Crippen molar-refractivity contribution in [2.75, 3.05) is 23.5 Å². The molecule has 0 bridgehead atoms. The van der Waals surface area contributed by atoms with Gasteiger partial charge in [0.15, 0.2) is 0 Å². The topological polar surface area (TPSA) is 74.3 Å². The van der Waals surface area contributed by atoms with Crippen LogP contribution in [0.3, 0.4) is 0 Å². The first-order valence-electron chi connectivity index (χ1n) is 11.3. The van der Waals surface area contributed by atoms with E-state index in [-0.39, 0.29) is 30.3 Å². The highest BCUT2D eigenvalue weighted by Crippen LogP contribution is 2.51. The number of imide groups is 1. The lowest BCUT2D eigenvalue weighted by atomic mass is 9.76. The molecule has 5 rings (SSSR count). The maximum atomic E-state index is 14.0. The minimum absolute atomic E-state index is 0.118. The third-order valence-corrected chi connectivity index (χ3v) is 7.91. The highest BCUT2D eigenvalue weighted by Gasteiger charge is 2.75. The molecule has 2 aromatic carbocycles. The van der Waals surface area contributed by atoms with E-state index in [0.717, 1.165) is 29.0 Å². The van der Waals surface area contributed by atoms with Gasteiger partial charge in [0.1, 0.15) is 17.9 Å². The molecule has 0 aliphatic carbocycles. The molecule has 2 aromatic rings. The van der Waals surface area contributed by atoms with Crippen molar-refractivity contribution in [3.8, 4) is 0 Å². The van der Waals surface area contributed by atoms with Gasteiger partial charge in [0, 0.05) is 18.5 Å². The quantitative estimate of drug-likeness (QED) is 0.504. The summed E-state index contributed by atoms with van der Waals surface area (Å²) in [5, 5.41) is 2.04. The van der Waals surface area contributed by atoms with E-state index in [4.69, 9.17) is 0 Å². The number of thioether (sulfide) groups is 1. The number of carbonyl (C=O) groups is 3. The van der Waals surface area contributed by atoms with Gasteiger partial charge in [-0.1, -0.05) is 54.6 Å². The summed E-state index contributed by atoms with van der Waals surface area (Å²) in [5.41, 5.74) is 1.45. The van der Waals surface area contributed by atoms with E-state index in [0.29, 0.717) is 6.54 Å². The first-order chi connectivity index (χ1) is 16.0. The van der Waals surface area contributed by atoms with Crippen LogP contribution in [0, 0.1) is 11.8 Å². The SMILES string of the molecule is C=CCN1C(=O)[C@]2([NH2+][C@H](CCSC)[C@@H]3C(=O)N(Cc4ccccc4)C(=O)[C@H]32)c2ccccc21. The Bertz CT molecular complexity index is 1120. The summed E-state index contributed by atoms with van der Waals surface area (Å²) >= 11 is 1.72. The number of rotatable bonds is 7. The van der Waals surface area contributed by atoms with E-state index in [1.165, 1.54) is 4.90 Å². The molecule has 3 amide bonds. The Morgan fingerprint density at radius 2 is 1.76 bits per heavy atom. The first-order valence-corrected chi connectivity index (χ1v) is 12.7. The van der Waals surface area contributed by atoms with Crippen molar-refractivity contribution in [2.24, 2.45) is 11.8 Å². The fourth-order valence-electron chi connectivity index (χ4n) is 5.92. The van der Waals surface area contributed by atoms with Crippen LogP contribution in [0.25, 0.3) is 0 Å². The predicted molar refractivity (Wildman–Crippen MR) is 128 cm³/mol. The molecule has 6 nitrogen and oxygen atoms in total. The number of amides is 3. The molecule has 3 heterocycles. The lowest BCUT2D eigenvalue weighted by molar-refractivity contribution is -0.733. The number of hydrogen-bond acceptors (Lipinski definition) is 4. The van der Waals surface area contributed by atoms with Crippen LogP contribution in [-0.4, -0.2) is 47.2 Å². The fourth-order valence-corrected chi connectivity index (χ4v) is 6.43. The summed E-state index contributed by atoms with van der Waals surface area (Å²) in [5.74, 6) is -0.848. The number of para-hydroxylation sites is 1. The van der Waals surface area contributed by atoms with Gasteiger partial charge in [0.25, 0.3) is 5.91 Å². The molecule has 3 aliphatic heterocycles. The smallest absolute Gasteiger partial charge is 0.294 e. The summed E-state index contributed by atoms with van der Waals surface area (Å²) in [4.78, 5) is 44.7. The standard InChI is InChI=1S/C26H27N3O3S/c1-3-14-28-20-12-8-7-11-18(20)26(25(28)32)22-21(19(27-26)13-15-33-2)23(30)29(24(22)31)16-17-9-5-4-6-10-17/h3-12,19,21-22,27H,1,13-16H2,2H3/p+1/t19-,21+,22+,26+/m1/s1. The van der Waals surface area contributed by atoms with Crippen molar-refractivity contribution in [2.45, 2.75) is 24.5 Å². The van der Waals surface area contributed by atoms with E-state index in [9.17, 15) is 14.4 Å². The molecule has 2 saturated heterocycles. The van der Waals surface area contributed by atoms with Crippen molar-refractivity contribution >= 4 is 35.2 Å². The van der Waals surface area contributed by atoms with Crippen molar-refractivity contribution < 1.29 is 19.7 Å². The molecule has 0 radical (unpaired) electrons. The minimum atomic E-state index is -1.11. The molecule has 3 aliphatic rings. The zero-order chi connectivity index (χ0) is 23.2. The summed E-state index contributed by atoms with van der Waals surface area (Å²) in [6, 6.07) is 17.1. The third kappa shape index (κ3) is 3.17. The Morgan fingerprint density at radius 3 is 2.48 bits per heavy atom. The van der Waals surface area contributed by atoms with Crippen LogP contribution < -0.4 is 10.2 Å². The molecule has 170 valence electrons. The summed E-state index contributed by atoms with van der Waals surface area (Å²) in [6.07, 6.45) is 4.50. The molecular weight excluding hydrogens is 434 g/mol. The normalized spacial score (nSPS) is 28.0. The van der Waals surface area contributed by atoms with E-state index < -0.39 is 17.4 Å².